The fourth-order valence-electron chi connectivity index (χ4n) is 7.16. The van der Waals surface area contributed by atoms with Gasteiger partial charge in [0.05, 0.1) is 6.61 Å². The van der Waals surface area contributed by atoms with Crippen molar-refractivity contribution >= 4 is 5.91 Å². The van der Waals surface area contributed by atoms with Gasteiger partial charge < -0.3 is 176 Å². The summed E-state index contributed by atoms with van der Waals surface area (Å²) in [6.07, 6.45) is -45.7. The number of hydrogen-bond donors (Lipinski definition) is 27. The molecule has 27 N–H and O–H groups in total. The molecule has 3 heterocycles. The topological polar surface area (TPSA) is 629 Å². The Morgan fingerprint density at radius 3 is 0.889 bits per heavy atom. The third kappa shape index (κ3) is 20.1. The fourth-order valence-corrected chi connectivity index (χ4v) is 7.16. The van der Waals surface area contributed by atoms with Crippen molar-refractivity contribution < 1.29 is 175 Å². The van der Waals surface area contributed by atoms with E-state index in [0.29, 0.717) is 0 Å². The highest BCUT2D eigenvalue weighted by atomic mass is 16.7. The lowest BCUT2D eigenvalue weighted by atomic mass is 9.98. The molecule has 3 aliphatic rings. The standard InChI is InChI=1S/C45H73NO35/c1-2-23(53)46-9-3-16-24(54)31(61)40(69)75-18(5-11-48)26(56)33(63)41(70)76-19(6-12-49)27(57)34(64)42(71)78-20(7-13-50)28(58)36(66)44(73)81-38-22(15-52)80-45(37(67)30(38)60)79-21(8-14-51)29(59)35(65)43(72)77-17(4-10-47)25(55)32(62)39(68)74-16/h2,16-22,30,37-45,47-52,54-73H,1,3-15H2,(H,46,53)/b31-24+,32-25+,33-26+,34-27-,35-29-,36-28-. The average molecular weight is 1190 g/mol. The van der Waals surface area contributed by atoms with Crippen molar-refractivity contribution in [3.8, 4) is 0 Å². The van der Waals surface area contributed by atoms with Gasteiger partial charge in [-0.25, -0.2) is 0 Å². The molecule has 0 spiro atoms. The van der Waals surface area contributed by atoms with Crippen LogP contribution in [0.1, 0.15) is 38.5 Å². The zero-order valence-corrected chi connectivity index (χ0v) is 42.6. The Labute approximate surface area is 457 Å². The maximum absolute atomic E-state index is 11.9. The van der Waals surface area contributed by atoms with Crippen molar-refractivity contribution in [3.05, 3.63) is 81.8 Å². The van der Waals surface area contributed by atoms with Crippen LogP contribution in [0.15, 0.2) is 81.8 Å². The van der Waals surface area contributed by atoms with E-state index < -0.39 is 265 Å². The molecule has 0 aromatic rings. The van der Waals surface area contributed by atoms with Crippen molar-refractivity contribution in [1.29, 1.82) is 0 Å². The maximum Gasteiger partial charge on any atom is 0.243 e. The number of ether oxygens (including phenoxy) is 8. The molecule has 0 radical (unpaired) electrons. The molecule has 36 heteroatoms. The summed E-state index contributed by atoms with van der Waals surface area (Å²) in [6, 6.07) is 0. The first kappa shape index (κ1) is 71.5. The zero-order chi connectivity index (χ0) is 61.6. The van der Waals surface area contributed by atoms with Crippen molar-refractivity contribution in [1.82, 2.24) is 5.32 Å². The lowest BCUT2D eigenvalue weighted by Gasteiger charge is -2.43. The SMILES string of the molecule is C=CC(=O)NCCC1OC(O)/C(O)=C(\O)C(CCO)OC(O)/C(O)=C(/O)C(CCO)OC2OC(CO)C(OC(O)/C(O)=C(/O)C(CCO)OC(O)/C(O)=C(/O)C(CCO)OC(O)/C(O)=C(\O)C(CCO)OC(O)/C(O)=C/1O)C(O)C2O. The number of rotatable bonds is 15. The molecule has 17 atom stereocenters. The molecule has 0 aromatic carbocycles. The molecule has 1 amide bonds. The minimum absolute atomic E-state index is 0.567. The summed E-state index contributed by atoms with van der Waals surface area (Å²) in [6.45, 7) is -3.47. The van der Waals surface area contributed by atoms with Gasteiger partial charge in [-0.1, -0.05) is 6.58 Å². The zero-order valence-electron chi connectivity index (χ0n) is 42.6. The molecule has 36 nitrogen and oxygen atoms in total. The van der Waals surface area contributed by atoms with Crippen LogP contribution in [-0.4, -0.2) is 290 Å². The molecule has 1 fully saturated rings. The predicted octanol–water partition coefficient (Wildman–Crippen LogP) is -5.38. The highest BCUT2D eigenvalue weighted by Gasteiger charge is 2.48. The fraction of sp³-hybridized carbons (Fsp3) is 0.667. The molecule has 3 aliphatic heterocycles. The average Bonchev–Trinajstić information content (AvgIpc) is 3.45. The molecular weight excluding hydrogens is 1110 g/mol. The Bertz CT molecular complexity index is 2160. The van der Waals surface area contributed by atoms with Gasteiger partial charge in [0.15, 0.2) is 75.4 Å². The van der Waals surface area contributed by atoms with Gasteiger partial charge in [0.2, 0.25) is 43.6 Å². The van der Waals surface area contributed by atoms with Crippen LogP contribution in [0.5, 0.6) is 0 Å². The molecule has 0 aromatic heterocycles. The molecule has 81 heavy (non-hydrogen) atoms. The first-order valence-electron chi connectivity index (χ1n) is 24.1. The second-order valence-electron chi connectivity index (χ2n) is 17.1. The Morgan fingerprint density at radius 2 is 0.630 bits per heavy atom. The second-order valence-corrected chi connectivity index (χ2v) is 17.1. The monoisotopic (exact) mass is 1190 g/mol. The highest BCUT2D eigenvalue weighted by molar-refractivity contribution is 5.86. The van der Waals surface area contributed by atoms with Gasteiger partial charge in [-0.2, -0.15) is 0 Å². The molecule has 468 valence electrons. The van der Waals surface area contributed by atoms with Crippen molar-refractivity contribution in [2.24, 2.45) is 0 Å². The molecule has 2 bridgehead atoms. The van der Waals surface area contributed by atoms with Crippen LogP contribution >= 0.6 is 0 Å². The third-order valence-corrected chi connectivity index (χ3v) is 11.5. The molecule has 1 saturated heterocycles. The summed E-state index contributed by atoms with van der Waals surface area (Å²) in [5.74, 6) is -20.1. The Kier molecular flexibility index (Phi) is 30.6. The van der Waals surface area contributed by atoms with Crippen LogP contribution in [0.3, 0.4) is 0 Å². The number of carbonyl (C=O) groups is 1. The molecule has 0 saturated carbocycles. The maximum atomic E-state index is 11.9. The summed E-state index contributed by atoms with van der Waals surface area (Å²) < 4.78 is 41.4. The van der Waals surface area contributed by atoms with Gasteiger partial charge in [-0.05, 0) is 12.5 Å². The number of carbonyl (C=O) groups excluding carboxylic acids is 1. The van der Waals surface area contributed by atoms with Gasteiger partial charge in [0, 0.05) is 71.7 Å². The lowest BCUT2D eigenvalue weighted by Crippen LogP contribution is -2.61. The number of aliphatic hydroxyl groups excluding tert-OH is 26. The van der Waals surface area contributed by atoms with Gasteiger partial charge in [0.1, 0.15) is 61.0 Å². The molecule has 17 unspecified atom stereocenters. The van der Waals surface area contributed by atoms with Crippen LogP contribution in [0.25, 0.3) is 0 Å². The highest BCUT2D eigenvalue weighted by Crippen LogP contribution is 2.31. The van der Waals surface area contributed by atoms with Gasteiger partial charge in [-0.3, -0.25) is 4.79 Å². The summed E-state index contributed by atoms with van der Waals surface area (Å²) >= 11 is 0. The van der Waals surface area contributed by atoms with E-state index in [0.717, 1.165) is 6.08 Å². The summed E-state index contributed by atoms with van der Waals surface area (Å²) in [5.41, 5.74) is 0. The molecule has 3 rings (SSSR count). The number of fused-ring (bicyclic) bond motifs is 26. The minimum Gasteiger partial charge on any atom is -0.506 e. The minimum atomic E-state index is -2.89. The Hall–Kier alpha value is -5.63. The van der Waals surface area contributed by atoms with E-state index in [9.17, 15) is 138 Å². The van der Waals surface area contributed by atoms with Crippen molar-refractivity contribution in [2.75, 3.05) is 46.2 Å². The third-order valence-electron chi connectivity index (χ3n) is 11.5. The van der Waals surface area contributed by atoms with E-state index in [1.54, 1.807) is 0 Å². The van der Waals surface area contributed by atoms with Gasteiger partial charge in [0.25, 0.3) is 0 Å². The van der Waals surface area contributed by atoms with E-state index >= 15 is 0 Å². The first-order valence-corrected chi connectivity index (χ1v) is 24.1. The van der Waals surface area contributed by atoms with Gasteiger partial charge >= 0.3 is 0 Å². The van der Waals surface area contributed by atoms with E-state index in [1.165, 1.54) is 0 Å². The van der Waals surface area contributed by atoms with Crippen LogP contribution in [-0.2, 0) is 42.7 Å². The number of hydrogen-bond acceptors (Lipinski definition) is 35. The Morgan fingerprint density at radius 1 is 0.370 bits per heavy atom. The van der Waals surface area contributed by atoms with Crippen molar-refractivity contribution in [2.45, 2.75) is 144 Å². The largest absolute Gasteiger partial charge is 0.506 e. The van der Waals surface area contributed by atoms with E-state index in [4.69, 9.17) is 37.9 Å². The van der Waals surface area contributed by atoms with Gasteiger partial charge in [-0.15, -0.1) is 0 Å². The van der Waals surface area contributed by atoms with Crippen LogP contribution in [0.2, 0.25) is 0 Å². The second kappa shape index (κ2) is 34.7. The predicted molar refractivity (Wildman–Crippen MR) is 258 cm³/mol. The van der Waals surface area contributed by atoms with E-state index in [1.807, 2.05) is 0 Å². The van der Waals surface area contributed by atoms with Crippen LogP contribution < -0.4 is 5.32 Å². The molecular formula is C45H73NO35. The first-order chi connectivity index (χ1) is 38.1. The Balaban J connectivity index is 2.92. The number of nitrogens with one attached hydrogen (secondary N) is 1. The lowest BCUT2D eigenvalue weighted by molar-refractivity contribution is -0.329. The van der Waals surface area contributed by atoms with E-state index in [-0.39, 0.29) is 0 Å². The number of aliphatic hydroxyl groups is 26. The summed E-state index contributed by atoms with van der Waals surface area (Å²) in [5, 5.41) is 278. The smallest absolute Gasteiger partial charge is 0.243 e. The quantitative estimate of drug-likeness (QED) is 0.0681. The van der Waals surface area contributed by atoms with Crippen molar-refractivity contribution in [3.63, 3.8) is 0 Å². The van der Waals surface area contributed by atoms with E-state index in [2.05, 4.69) is 11.9 Å². The van der Waals surface area contributed by atoms with Crippen LogP contribution in [0.4, 0.5) is 0 Å². The number of amides is 1. The molecule has 0 aliphatic carbocycles. The normalized spacial score (nSPS) is 38.9. The summed E-state index contributed by atoms with van der Waals surface area (Å²) in [7, 11) is 0. The van der Waals surface area contributed by atoms with Crippen LogP contribution in [0, 0.1) is 0 Å². The summed E-state index contributed by atoms with van der Waals surface area (Å²) in [4.78, 5) is 11.9.